The molecule has 1 atom stereocenters. The summed E-state index contributed by atoms with van der Waals surface area (Å²) in [6, 6.07) is 4.58. The highest BCUT2D eigenvalue weighted by atomic mass is 35.5. The van der Waals surface area contributed by atoms with Crippen molar-refractivity contribution in [2.75, 3.05) is 25.0 Å². The first-order valence-corrected chi connectivity index (χ1v) is 10.4. The maximum Gasteiger partial charge on any atom is 0.264 e. The van der Waals surface area contributed by atoms with Crippen LogP contribution in [0.3, 0.4) is 0 Å². The summed E-state index contributed by atoms with van der Waals surface area (Å²) in [6.07, 6.45) is 3.47. The number of ether oxygens (including phenoxy) is 2. The topological polar surface area (TPSA) is 102 Å². The van der Waals surface area contributed by atoms with Crippen LogP contribution in [0, 0.1) is 0 Å². The number of sulfonamides is 1. The molecule has 154 valence electrons. The number of halogens is 3. The van der Waals surface area contributed by atoms with Crippen LogP contribution in [0.1, 0.15) is 12.8 Å². The smallest absolute Gasteiger partial charge is 0.264 e. The van der Waals surface area contributed by atoms with E-state index in [1.165, 1.54) is 31.5 Å². The Labute approximate surface area is 179 Å². The van der Waals surface area contributed by atoms with Crippen molar-refractivity contribution in [3.8, 4) is 11.8 Å². The first-order valence-electron chi connectivity index (χ1n) is 8.15. The number of anilines is 1. The first kappa shape index (κ1) is 22.8. The number of methoxy groups -OCH3 is 1. The first-order chi connectivity index (χ1) is 12.9. The van der Waals surface area contributed by atoms with Gasteiger partial charge >= 0.3 is 0 Å². The Morgan fingerprint density at radius 2 is 2.14 bits per heavy atom. The predicted octanol–water partition coefficient (Wildman–Crippen LogP) is 3.15. The van der Waals surface area contributed by atoms with Crippen LogP contribution in [0.25, 0.3) is 0 Å². The van der Waals surface area contributed by atoms with E-state index >= 15 is 0 Å². The number of aromatic nitrogens is 2. The molecule has 2 heterocycles. The van der Waals surface area contributed by atoms with Crippen molar-refractivity contribution in [2.45, 2.75) is 23.8 Å². The lowest BCUT2D eigenvalue weighted by molar-refractivity contribution is 0.262. The van der Waals surface area contributed by atoms with Crippen LogP contribution in [0.4, 0.5) is 5.82 Å². The van der Waals surface area contributed by atoms with E-state index in [-0.39, 0.29) is 51.0 Å². The Morgan fingerprint density at radius 3 is 2.82 bits per heavy atom. The lowest BCUT2D eigenvalue weighted by Crippen LogP contribution is -2.28. The molecule has 0 spiro atoms. The Morgan fingerprint density at radius 1 is 1.36 bits per heavy atom. The highest BCUT2D eigenvalue weighted by Gasteiger charge is 2.23. The largest absolute Gasteiger partial charge is 0.478 e. The summed E-state index contributed by atoms with van der Waals surface area (Å²) in [5.41, 5.74) is 0. The molecule has 1 aromatic heterocycles. The van der Waals surface area contributed by atoms with E-state index in [0.29, 0.717) is 6.61 Å². The minimum atomic E-state index is -4.04. The molecule has 1 saturated heterocycles. The van der Waals surface area contributed by atoms with Crippen LogP contribution in [0.2, 0.25) is 10.0 Å². The zero-order chi connectivity index (χ0) is 19.4. The van der Waals surface area contributed by atoms with Crippen molar-refractivity contribution in [3.05, 3.63) is 34.4 Å². The van der Waals surface area contributed by atoms with Gasteiger partial charge in [0.15, 0.2) is 0 Å². The Kier molecular flexibility index (Phi) is 7.97. The molecule has 0 amide bonds. The van der Waals surface area contributed by atoms with Gasteiger partial charge in [-0.1, -0.05) is 29.3 Å². The fourth-order valence-corrected chi connectivity index (χ4v) is 4.37. The zero-order valence-electron chi connectivity index (χ0n) is 14.8. The maximum absolute atomic E-state index is 12.6. The van der Waals surface area contributed by atoms with Gasteiger partial charge in [0.2, 0.25) is 11.7 Å². The van der Waals surface area contributed by atoms with Gasteiger partial charge in [-0.05, 0) is 31.5 Å². The zero-order valence-corrected chi connectivity index (χ0v) is 18.0. The number of hydrogen-bond acceptors (Lipinski definition) is 7. The van der Waals surface area contributed by atoms with Crippen molar-refractivity contribution in [2.24, 2.45) is 0 Å². The van der Waals surface area contributed by atoms with E-state index in [0.717, 1.165) is 19.4 Å². The Bertz CT molecular complexity index is 924. The minimum Gasteiger partial charge on any atom is -0.478 e. The van der Waals surface area contributed by atoms with E-state index < -0.39 is 10.0 Å². The number of hydrogen-bond donors (Lipinski definition) is 2. The highest BCUT2D eigenvalue weighted by Crippen LogP contribution is 2.31. The van der Waals surface area contributed by atoms with Gasteiger partial charge in [0, 0.05) is 6.04 Å². The van der Waals surface area contributed by atoms with Crippen molar-refractivity contribution in [3.63, 3.8) is 0 Å². The van der Waals surface area contributed by atoms with E-state index in [9.17, 15) is 8.42 Å². The van der Waals surface area contributed by atoms with E-state index in [2.05, 4.69) is 20.0 Å². The molecule has 0 bridgehead atoms. The summed E-state index contributed by atoms with van der Waals surface area (Å²) in [5.74, 6) is 0.137. The van der Waals surface area contributed by atoms with Crippen LogP contribution in [0.5, 0.6) is 11.8 Å². The minimum absolute atomic E-state index is 0. The lowest BCUT2D eigenvalue weighted by atomic mass is 10.2. The molecule has 8 nitrogen and oxygen atoms in total. The Hall–Kier alpha value is -1.52. The van der Waals surface area contributed by atoms with Gasteiger partial charge in [0.1, 0.15) is 11.5 Å². The quantitative estimate of drug-likeness (QED) is 0.642. The highest BCUT2D eigenvalue weighted by molar-refractivity contribution is 7.92. The van der Waals surface area contributed by atoms with Crippen molar-refractivity contribution in [1.29, 1.82) is 0 Å². The Balaban J connectivity index is 0.00000280. The third kappa shape index (κ3) is 5.30. The van der Waals surface area contributed by atoms with Gasteiger partial charge < -0.3 is 14.8 Å². The number of nitrogens with one attached hydrogen (secondary N) is 2. The van der Waals surface area contributed by atoms with Gasteiger partial charge in [0.05, 0.1) is 23.4 Å². The molecule has 1 aliphatic rings. The van der Waals surface area contributed by atoms with Crippen molar-refractivity contribution < 1.29 is 17.9 Å². The van der Waals surface area contributed by atoms with E-state index in [1.54, 1.807) is 0 Å². The van der Waals surface area contributed by atoms with E-state index in [1.807, 2.05) is 0 Å². The number of rotatable bonds is 7. The van der Waals surface area contributed by atoms with E-state index in [4.69, 9.17) is 32.7 Å². The average molecular weight is 470 g/mol. The molecule has 1 aromatic carbocycles. The average Bonchev–Trinajstić information content (AvgIpc) is 3.16. The van der Waals surface area contributed by atoms with Gasteiger partial charge in [-0.3, -0.25) is 4.72 Å². The van der Waals surface area contributed by atoms with Crippen LogP contribution < -0.4 is 19.5 Å². The molecule has 12 heteroatoms. The van der Waals surface area contributed by atoms with Gasteiger partial charge in [-0.25, -0.2) is 13.4 Å². The second kappa shape index (κ2) is 9.80. The molecule has 2 N–H and O–H groups in total. The van der Waals surface area contributed by atoms with Gasteiger partial charge in [0.25, 0.3) is 15.9 Å². The summed E-state index contributed by atoms with van der Waals surface area (Å²) < 4.78 is 38.3. The monoisotopic (exact) mass is 468 g/mol. The van der Waals surface area contributed by atoms with Crippen molar-refractivity contribution in [1.82, 2.24) is 15.3 Å². The molecule has 0 aliphatic carbocycles. The third-order valence-electron chi connectivity index (χ3n) is 3.94. The predicted molar refractivity (Wildman–Crippen MR) is 110 cm³/mol. The van der Waals surface area contributed by atoms with Crippen LogP contribution in [0.15, 0.2) is 29.3 Å². The van der Waals surface area contributed by atoms with Crippen LogP contribution >= 0.6 is 35.6 Å². The number of nitrogens with zero attached hydrogens (tertiary/aromatic N) is 2. The van der Waals surface area contributed by atoms with Crippen LogP contribution in [-0.2, 0) is 10.0 Å². The van der Waals surface area contributed by atoms with Crippen molar-refractivity contribution >= 4 is 51.5 Å². The normalized spacial score (nSPS) is 16.3. The summed E-state index contributed by atoms with van der Waals surface area (Å²) in [6.45, 7) is 1.41. The summed E-state index contributed by atoms with van der Waals surface area (Å²) in [5, 5.41) is 3.35. The third-order valence-corrected chi connectivity index (χ3v) is 6.26. The molecule has 1 aliphatic heterocycles. The molecular weight excluding hydrogens is 451 g/mol. The molecule has 2 aromatic rings. The second-order valence-corrected chi connectivity index (χ2v) is 8.26. The molecule has 0 radical (unpaired) electrons. The fourth-order valence-electron chi connectivity index (χ4n) is 2.60. The summed E-state index contributed by atoms with van der Waals surface area (Å²) >= 11 is 11.9. The summed E-state index contributed by atoms with van der Waals surface area (Å²) in [7, 11) is -2.68. The molecular formula is C16H19Cl3N4O4S. The lowest BCUT2D eigenvalue weighted by Gasteiger charge is -2.14. The van der Waals surface area contributed by atoms with Crippen LogP contribution in [-0.4, -0.2) is 44.7 Å². The number of benzene rings is 1. The molecule has 28 heavy (non-hydrogen) atoms. The van der Waals surface area contributed by atoms with Gasteiger partial charge in [-0.15, -0.1) is 12.4 Å². The SMILES string of the molecule is COc1nc(OCC2CCCN2)cnc1NS(=O)(=O)c1cccc(Cl)c1Cl.Cl. The standard InChI is InChI=1S/C16H18Cl2N4O4S.ClH/c1-25-16-15(20-8-13(21-16)26-9-10-4-3-7-19-10)22-27(23,24)12-6-2-5-11(17)14(12)18;/h2,5-6,8,10,19H,3-4,7,9H2,1H3,(H,20,22);1H. The second-order valence-electron chi connectivity index (χ2n) is 5.83. The maximum atomic E-state index is 12.6. The fraction of sp³-hybridized carbons (Fsp3) is 0.375. The molecule has 1 fully saturated rings. The molecule has 1 unspecified atom stereocenters. The molecule has 3 rings (SSSR count). The molecule has 0 saturated carbocycles. The summed E-state index contributed by atoms with van der Waals surface area (Å²) in [4.78, 5) is 8.03. The van der Waals surface area contributed by atoms with Gasteiger partial charge in [-0.2, -0.15) is 4.98 Å².